The molecule has 0 fully saturated rings. The van der Waals surface area contributed by atoms with Gasteiger partial charge in [0, 0.05) is 40.7 Å². The zero-order valence-electron chi connectivity index (χ0n) is 16.7. The van der Waals surface area contributed by atoms with Gasteiger partial charge in [0.1, 0.15) is 5.75 Å². The highest BCUT2D eigenvalue weighted by Gasteiger charge is 2.16. The molecule has 4 aromatic rings. The summed E-state index contributed by atoms with van der Waals surface area (Å²) in [6.45, 7) is 0.306. The molecule has 0 bridgehead atoms. The zero-order chi connectivity index (χ0) is 21.6. The van der Waals surface area contributed by atoms with Gasteiger partial charge in [0.2, 0.25) is 13.1 Å². The molecule has 7 nitrogen and oxygen atoms in total. The number of aromatic nitrogens is 2. The van der Waals surface area contributed by atoms with Crippen LogP contribution in [-0.2, 0) is 22.7 Å². The number of hydrogen-bond donors (Lipinski definition) is 3. The largest absolute Gasteiger partial charge is 0.505 e. The Labute approximate surface area is 179 Å². The van der Waals surface area contributed by atoms with Crippen LogP contribution in [0.2, 0.25) is 0 Å². The van der Waals surface area contributed by atoms with Crippen molar-refractivity contribution in [3.05, 3.63) is 91.5 Å². The number of pyridine rings is 2. The van der Waals surface area contributed by atoms with Gasteiger partial charge in [-0.05, 0) is 18.2 Å². The highest BCUT2D eigenvalue weighted by atomic mass is 16.3. The van der Waals surface area contributed by atoms with E-state index in [1.807, 2.05) is 48.8 Å². The first kappa shape index (κ1) is 20.0. The molecule has 0 aliphatic rings. The van der Waals surface area contributed by atoms with Gasteiger partial charge in [-0.15, -0.1) is 0 Å². The van der Waals surface area contributed by atoms with Crippen LogP contribution in [0.5, 0.6) is 5.75 Å². The monoisotopic (exact) mass is 414 g/mol. The van der Waals surface area contributed by atoms with Crippen LogP contribution in [0.15, 0.2) is 91.5 Å². The number of rotatable bonds is 6. The Morgan fingerprint density at radius 2 is 1.19 bits per heavy atom. The van der Waals surface area contributed by atoms with Crippen LogP contribution >= 0.6 is 0 Å². The summed E-state index contributed by atoms with van der Waals surface area (Å²) < 4.78 is 3.52. The Morgan fingerprint density at radius 3 is 1.77 bits per heavy atom. The quantitative estimate of drug-likeness (QED) is 0.335. The van der Waals surface area contributed by atoms with Crippen molar-refractivity contribution in [1.82, 2.24) is 0 Å². The molecule has 3 N–H and O–H groups in total. The fourth-order valence-corrected chi connectivity index (χ4v) is 3.34. The molecule has 0 unspecified atom stereocenters. The van der Waals surface area contributed by atoms with Gasteiger partial charge in [0.25, 0.3) is 11.8 Å². The summed E-state index contributed by atoms with van der Waals surface area (Å²) in [5.74, 6) is -0.479. The lowest BCUT2D eigenvalue weighted by Gasteiger charge is -2.12. The Kier molecular flexibility index (Phi) is 5.84. The second-order valence-corrected chi connectivity index (χ2v) is 7.05. The number of phenols is 1. The number of amides is 2. The first-order valence-electron chi connectivity index (χ1n) is 9.83. The van der Waals surface area contributed by atoms with Crippen molar-refractivity contribution in [3.63, 3.8) is 0 Å². The lowest BCUT2D eigenvalue weighted by Crippen LogP contribution is -2.39. The van der Waals surface area contributed by atoms with Crippen molar-refractivity contribution in [1.29, 1.82) is 0 Å². The summed E-state index contributed by atoms with van der Waals surface area (Å²) in [4.78, 5) is 24.8. The molecule has 4 rings (SSSR count). The molecule has 0 spiro atoms. The number of nitrogens with zero attached hydrogens (tertiary/aromatic N) is 2. The van der Waals surface area contributed by atoms with Gasteiger partial charge >= 0.3 is 0 Å². The topological polar surface area (TPSA) is 86.2 Å². The highest BCUT2D eigenvalue weighted by molar-refractivity contribution is 6.06. The Hall–Kier alpha value is -4.26. The van der Waals surface area contributed by atoms with Crippen molar-refractivity contribution < 1.29 is 23.8 Å². The Balaban J connectivity index is 1.52. The van der Waals surface area contributed by atoms with Crippen LogP contribution in [0.1, 0.15) is 0 Å². The SMILES string of the molecule is O=C(C[n+]1ccccc1)Nc1ccc2c(NC(=O)C[n+]3ccccc3)cccc2c1O. The fourth-order valence-electron chi connectivity index (χ4n) is 3.34. The molecule has 0 radical (unpaired) electrons. The number of phenolic OH excluding ortho intramolecular Hbond substituents is 1. The lowest BCUT2D eigenvalue weighted by molar-refractivity contribution is -0.684. The third-order valence-corrected chi connectivity index (χ3v) is 4.79. The molecule has 0 atom stereocenters. The maximum absolute atomic E-state index is 12.4. The smallest absolute Gasteiger partial charge is 0.290 e. The average molecular weight is 414 g/mol. The molecule has 0 saturated heterocycles. The number of carbonyl (C=O) groups excluding carboxylic acids is 2. The third kappa shape index (κ3) is 4.84. The zero-order valence-corrected chi connectivity index (χ0v) is 16.7. The van der Waals surface area contributed by atoms with E-state index < -0.39 is 0 Å². The van der Waals surface area contributed by atoms with Crippen molar-refractivity contribution >= 4 is 34.0 Å². The van der Waals surface area contributed by atoms with Crippen molar-refractivity contribution in [2.24, 2.45) is 0 Å². The van der Waals surface area contributed by atoms with Gasteiger partial charge in [-0.1, -0.05) is 24.3 Å². The third-order valence-electron chi connectivity index (χ3n) is 4.79. The lowest BCUT2D eigenvalue weighted by atomic mass is 10.1. The van der Waals surface area contributed by atoms with Crippen molar-refractivity contribution in [2.75, 3.05) is 10.6 Å². The number of hydrogen-bond acceptors (Lipinski definition) is 3. The van der Waals surface area contributed by atoms with Crippen LogP contribution in [-0.4, -0.2) is 16.9 Å². The summed E-state index contributed by atoms with van der Waals surface area (Å²) in [5.41, 5.74) is 0.907. The van der Waals surface area contributed by atoms with Crippen LogP contribution in [0.25, 0.3) is 10.8 Å². The van der Waals surface area contributed by atoms with Crippen LogP contribution in [0.4, 0.5) is 11.4 Å². The molecule has 2 aromatic heterocycles. The number of benzene rings is 2. The first-order chi connectivity index (χ1) is 15.1. The maximum Gasteiger partial charge on any atom is 0.290 e. The van der Waals surface area contributed by atoms with Crippen molar-refractivity contribution in [2.45, 2.75) is 13.1 Å². The number of nitrogens with one attached hydrogen (secondary N) is 2. The summed E-state index contributed by atoms with van der Waals surface area (Å²) in [6, 6.07) is 19.8. The van der Waals surface area contributed by atoms with Gasteiger partial charge in [0.15, 0.2) is 24.8 Å². The summed E-state index contributed by atoms with van der Waals surface area (Å²) in [6.07, 6.45) is 7.22. The minimum absolute atomic E-state index is 0.0440. The Bertz CT molecular complexity index is 1230. The second-order valence-electron chi connectivity index (χ2n) is 7.05. The standard InChI is InChI=1S/C24H20N4O3/c29-22(16-27-12-3-1-4-13-27)25-20-9-7-8-19-18(20)10-11-21(24(19)31)26-23(30)17-28-14-5-2-6-15-28/h1-15H,16-17H2,(H-2,25,26,29,30,31)/p+2. The van der Waals surface area contributed by atoms with Gasteiger partial charge in [-0.3, -0.25) is 9.59 Å². The molecule has 7 heteroatoms. The number of aromatic hydroxyl groups is 1. The van der Waals surface area contributed by atoms with E-state index in [2.05, 4.69) is 10.6 Å². The van der Waals surface area contributed by atoms with Crippen LogP contribution in [0, 0.1) is 0 Å². The summed E-state index contributed by atoms with van der Waals surface area (Å²) >= 11 is 0. The molecule has 2 amide bonds. The highest BCUT2D eigenvalue weighted by Crippen LogP contribution is 2.36. The van der Waals surface area contributed by atoms with Gasteiger partial charge in [0.05, 0.1) is 5.69 Å². The molecule has 31 heavy (non-hydrogen) atoms. The molecule has 0 aliphatic carbocycles. The molecule has 0 saturated carbocycles. The first-order valence-corrected chi connectivity index (χ1v) is 9.83. The predicted molar refractivity (Wildman–Crippen MR) is 116 cm³/mol. The van der Waals surface area contributed by atoms with E-state index in [0.29, 0.717) is 22.1 Å². The van der Waals surface area contributed by atoms with Crippen LogP contribution in [0.3, 0.4) is 0 Å². The molecule has 154 valence electrons. The van der Waals surface area contributed by atoms with E-state index in [1.165, 1.54) is 0 Å². The summed E-state index contributed by atoms with van der Waals surface area (Å²) in [7, 11) is 0. The Morgan fingerprint density at radius 1 is 0.645 bits per heavy atom. The number of anilines is 2. The molecule has 0 aliphatic heterocycles. The number of fused-ring (bicyclic) bond motifs is 1. The van der Waals surface area contributed by atoms with E-state index in [0.717, 1.165) is 0 Å². The van der Waals surface area contributed by atoms with E-state index in [4.69, 9.17) is 0 Å². The number of carbonyl (C=O) groups is 2. The predicted octanol–water partition coefficient (Wildman–Crippen LogP) is 2.40. The maximum atomic E-state index is 12.4. The van der Waals surface area contributed by atoms with E-state index in [9.17, 15) is 14.7 Å². The normalized spacial score (nSPS) is 10.6. The average Bonchev–Trinajstić information content (AvgIpc) is 2.77. The van der Waals surface area contributed by atoms with Gasteiger partial charge in [-0.2, -0.15) is 9.13 Å². The molecular formula is C24H22N4O3+2. The molecule has 2 aromatic carbocycles. The minimum Gasteiger partial charge on any atom is -0.505 e. The van der Waals surface area contributed by atoms with Crippen LogP contribution < -0.4 is 19.8 Å². The van der Waals surface area contributed by atoms with E-state index in [-0.39, 0.29) is 30.7 Å². The van der Waals surface area contributed by atoms with Gasteiger partial charge < -0.3 is 15.7 Å². The van der Waals surface area contributed by atoms with Crippen molar-refractivity contribution in [3.8, 4) is 5.75 Å². The summed E-state index contributed by atoms with van der Waals surface area (Å²) in [5, 5.41) is 17.6. The molecular weight excluding hydrogens is 392 g/mol. The second kappa shape index (κ2) is 9.04. The fraction of sp³-hybridized carbons (Fsp3) is 0.0833. The minimum atomic E-state index is -0.254. The van der Waals surface area contributed by atoms with E-state index in [1.54, 1.807) is 51.9 Å². The molecule has 2 heterocycles. The van der Waals surface area contributed by atoms with E-state index >= 15 is 0 Å². The van der Waals surface area contributed by atoms with Gasteiger partial charge in [-0.25, -0.2) is 0 Å².